The highest BCUT2D eigenvalue weighted by Gasteiger charge is 2.09. The van der Waals surface area contributed by atoms with Crippen LogP contribution in [0.25, 0.3) is 12.2 Å². The van der Waals surface area contributed by atoms with E-state index in [4.69, 9.17) is 16.3 Å². The van der Waals surface area contributed by atoms with E-state index in [1.54, 1.807) is 24.3 Å². The number of carbonyl (C=O) groups is 1. The number of amides is 1. The van der Waals surface area contributed by atoms with E-state index < -0.39 is 0 Å². The zero-order valence-corrected chi connectivity index (χ0v) is 23.8. The Hall–Kier alpha value is -4.53. The fraction of sp³-hybridized carbons (Fsp3) is 0.156. The van der Waals surface area contributed by atoms with E-state index >= 15 is 0 Å². The second kappa shape index (κ2) is 14.2. The van der Waals surface area contributed by atoms with Crippen molar-refractivity contribution in [2.24, 2.45) is 0 Å². The summed E-state index contributed by atoms with van der Waals surface area (Å²) < 4.78 is 19.2. The van der Waals surface area contributed by atoms with Gasteiger partial charge in [-0.05, 0) is 80.7 Å². The summed E-state index contributed by atoms with van der Waals surface area (Å²) in [5.74, 6) is 0.593. The number of anilines is 3. The van der Waals surface area contributed by atoms with Crippen LogP contribution in [0.3, 0.4) is 0 Å². The average molecular weight is 572 g/mol. The third kappa shape index (κ3) is 8.99. The molecule has 0 aliphatic heterocycles. The minimum atomic E-state index is -0.315. The number of halogens is 2. The molecule has 0 unspecified atom stereocenters. The van der Waals surface area contributed by atoms with Gasteiger partial charge in [0.15, 0.2) is 0 Å². The molecular weight excluding hydrogens is 541 g/mol. The predicted octanol–water partition coefficient (Wildman–Crippen LogP) is 7.13. The van der Waals surface area contributed by atoms with E-state index in [0.717, 1.165) is 16.8 Å². The SMILES string of the molecule is Cc1ncnc(Nc2ccc(OCc3cccc(F)c3)c(Cl)c2)c1/C=C/c1cccc(NC(=O)/C=C/CN(C)C)c1. The third-order valence-corrected chi connectivity index (χ3v) is 6.19. The monoisotopic (exact) mass is 571 g/mol. The molecule has 41 heavy (non-hydrogen) atoms. The van der Waals surface area contributed by atoms with Gasteiger partial charge in [0.2, 0.25) is 5.91 Å². The Labute approximate surface area is 244 Å². The van der Waals surface area contributed by atoms with Gasteiger partial charge < -0.3 is 20.3 Å². The number of ether oxygens (including phenoxy) is 1. The molecule has 2 N–H and O–H groups in total. The summed E-state index contributed by atoms with van der Waals surface area (Å²) >= 11 is 6.48. The van der Waals surface area contributed by atoms with Crippen LogP contribution >= 0.6 is 11.6 Å². The molecule has 4 aromatic rings. The van der Waals surface area contributed by atoms with Crippen LogP contribution in [0.1, 0.15) is 22.4 Å². The molecule has 210 valence electrons. The molecule has 1 heterocycles. The maximum Gasteiger partial charge on any atom is 0.248 e. The molecule has 0 fully saturated rings. The largest absolute Gasteiger partial charge is 0.487 e. The quantitative estimate of drug-likeness (QED) is 0.186. The molecule has 9 heteroatoms. The Morgan fingerprint density at radius 1 is 1.02 bits per heavy atom. The molecular formula is C32H31ClFN5O2. The van der Waals surface area contributed by atoms with Crippen LogP contribution in [0.4, 0.5) is 21.6 Å². The number of aromatic nitrogens is 2. The van der Waals surface area contributed by atoms with Crippen molar-refractivity contribution in [2.45, 2.75) is 13.5 Å². The van der Waals surface area contributed by atoms with Crippen LogP contribution in [-0.2, 0) is 11.4 Å². The number of aryl methyl sites for hydroxylation is 1. The molecule has 7 nitrogen and oxygen atoms in total. The van der Waals surface area contributed by atoms with Crippen LogP contribution in [0, 0.1) is 12.7 Å². The Morgan fingerprint density at radius 3 is 2.63 bits per heavy atom. The number of benzene rings is 3. The molecule has 3 aromatic carbocycles. The summed E-state index contributed by atoms with van der Waals surface area (Å²) in [7, 11) is 3.88. The number of hydrogen-bond acceptors (Lipinski definition) is 6. The first kappa shape index (κ1) is 29.5. The van der Waals surface area contributed by atoms with Crippen molar-refractivity contribution < 1.29 is 13.9 Å². The zero-order chi connectivity index (χ0) is 29.2. The highest BCUT2D eigenvalue weighted by molar-refractivity contribution is 6.32. The maximum absolute atomic E-state index is 13.4. The van der Waals surface area contributed by atoms with Gasteiger partial charge in [0.1, 0.15) is 30.3 Å². The van der Waals surface area contributed by atoms with Gasteiger partial charge in [0.25, 0.3) is 0 Å². The zero-order valence-electron chi connectivity index (χ0n) is 23.1. The van der Waals surface area contributed by atoms with Crippen molar-refractivity contribution in [1.29, 1.82) is 0 Å². The Kier molecular flexibility index (Phi) is 10.2. The average Bonchev–Trinajstić information content (AvgIpc) is 2.92. The van der Waals surface area contributed by atoms with E-state index in [1.807, 2.05) is 74.5 Å². The molecule has 1 amide bonds. The lowest BCUT2D eigenvalue weighted by molar-refractivity contribution is -0.111. The van der Waals surface area contributed by atoms with E-state index in [1.165, 1.54) is 24.5 Å². The fourth-order valence-corrected chi connectivity index (χ4v) is 4.09. The van der Waals surface area contributed by atoms with Crippen molar-refractivity contribution in [3.05, 3.63) is 118 Å². The van der Waals surface area contributed by atoms with E-state index in [9.17, 15) is 9.18 Å². The van der Waals surface area contributed by atoms with Crippen molar-refractivity contribution in [3.63, 3.8) is 0 Å². The lowest BCUT2D eigenvalue weighted by Gasteiger charge is -2.13. The topological polar surface area (TPSA) is 79.4 Å². The molecule has 0 atom stereocenters. The summed E-state index contributed by atoms with van der Waals surface area (Å²) in [6, 6.07) is 19.1. The molecule has 0 spiro atoms. The van der Waals surface area contributed by atoms with Gasteiger partial charge >= 0.3 is 0 Å². The van der Waals surface area contributed by atoms with Gasteiger partial charge in [0.05, 0.1) is 10.7 Å². The summed E-state index contributed by atoms with van der Waals surface area (Å²) in [6.45, 7) is 2.79. The highest BCUT2D eigenvalue weighted by Crippen LogP contribution is 2.31. The molecule has 0 bridgehead atoms. The van der Waals surface area contributed by atoms with Crippen molar-refractivity contribution in [3.8, 4) is 5.75 Å². The second-order valence-electron chi connectivity index (χ2n) is 9.52. The number of hydrogen-bond donors (Lipinski definition) is 2. The van der Waals surface area contributed by atoms with Crippen LogP contribution in [0.2, 0.25) is 5.02 Å². The first-order chi connectivity index (χ1) is 19.8. The van der Waals surface area contributed by atoms with Crippen molar-refractivity contribution in [2.75, 3.05) is 31.3 Å². The van der Waals surface area contributed by atoms with Gasteiger partial charge in [-0.2, -0.15) is 0 Å². The Morgan fingerprint density at radius 2 is 1.85 bits per heavy atom. The third-order valence-electron chi connectivity index (χ3n) is 5.90. The molecule has 1 aromatic heterocycles. The maximum atomic E-state index is 13.4. The highest BCUT2D eigenvalue weighted by atomic mass is 35.5. The Bertz CT molecular complexity index is 1570. The second-order valence-corrected chi connectivity index (χ2v) is 9.93. The van der Waals surface area contributed by atoms with E-state index in [0.29, 0.717) is 40.1 Å². The minimum Gasteiger partial charge on any atom is -0.487 e. The molecule has 0 aliphatic carbocycles. The van der Waals surface area contributed by atoms with Crippen molar-refractivity contribution in [1.82, 2.24) is 14.9 Å². The number of nitrogens with one attached hydrogen (secondary N) is 2. The molecule has 0 saturated heterocycles. The number of rotatable bonds is 11. The lowest BCUT2D eigenvalue weighted by Crippen LogP contribution is -2.12. The first-order valence-corrected chi connectivity index (χ1v) is 13.3. The van der Waals surface area contributed by atoms with Gasteiger partial charge in [-0.3, -0.25) is 4.79 Å². The Balaban J connectivity index is 1.45. The van der Waals surface area contributed by atoms with Gasteiger partial charge in [-0.1, -0.05) is 48.0 Å². The summed E-state index contributed by atoms with van der Waals surface area (Å²) in [6.07, 6.45) is 8.69. The first-order valence-electron chi connectivity index (χ1n) is 12.9. The summed E-state index contributed by atoms with van der Waals surface area (Å²) in [5.41, 5.74) is 4.61. The van der Waals surface area contributed by atoms with Gasteiger partial charge in [-0.15, -0.1) is 0 Å². The van der Waals surface area contributed by atoms with Gasteiger partial charge in [-0.25, -0.2) is 14.4 Å². The van der Waals surface area contributed by atoms with Crippen LogP contribution in [0.15, 0.2) is 85.2 Å². The molecule has 4 rings (SSSR count). The predicted molar refractivity (Wildman–Crippen MR) is 164 cm³/mol. The normalized spacial score (nSPS) is 11.4. The number of carbonyl (C=O) groups excluding carboxylic acids is 1. The van der Waals surface area contributed by atoms with E-state index in [-0.39, 0.29) is 18.3 Å². The number of likely N-dealkylation sites (N-methyl/N-ethyl adjacent to an activating group) is 1. The fourth-order valence-electron chi connectivity index (χ4n) is 3.86. The van der Waals surface area contributed by atoms with Gasteiger partial charge in [0, 0.05) is 29.6 Å². The molecule has 0 radical (unpaired) electrons. The molecule has 0 saturated carbocycles. The van der Waals surface area contributed by atoms with Crippen molar-refractivity contribution >= 4 is 46.9 Å². The number of nitrogens with zero attached hydrogens (tertiary/aromatic N) is 3. The minimum absolute atomic E-state index is 0.184. The van der Waals surface area contributed by atoms with E-state index in [2.05, 4.69) is 20.6 Å². The van der Waals surface area contributed by atoms with Crippen LogP contribution in [-0.4, -0.2) is 41.4 Å². The van der Waals surface area contributed by atoms with Crippen LogP contribution < -0.4 is 15.4 Å². The standard InChI is InChI=1S/C32H31ClFN5O2/c1-22-28(14-12-23-7-5-10-26(18-23)37-31(40)11-6-16-39(2)3)32(36-21-35-22)38-27-13-15-30(29(33)19-27)41-20-24-8-4-9-25(34)17-24/h4-15,17-19,21H,16,20H2,1-3H3,(H,37,40)(H,35,36,38)/b11-6+,14-12+. The smallest absolute Gasteiger partial charge is 0.248 e. The molecule has 0 aliphatic rings. The summed E-state index contributed by atoms with van der Waals surface area (Å²) in [5, 5.41) is 6.60. The summed E-state index contributed by atoms with van der Waals surface area (Å²) in [4.78, 5) is 23.0. The lowest BCUT2D eigenvalue weighted by atomic mass is 10.1. The van der Waals surface area contributed by atoms with Crippen LogP contribution in [0.5, 0.6) is 5.75 Å².